The Hall–Kier alpha value is -0.980. The summed E-state index contributed by atoms with van der Waals surface area (Å²) in [6, 6.07) is 6.61. The van der Waals surface area contributed by atoms with E-state index >= 15 is 0 Å². The Morgan fingerprint density at radius 2 is 1.93 bits per heavy atom. The van der Waals surface area contributed by atoms with Gasteiger partial charge in [-0.3, -0.25) is 0 Å². The number of anilines is 1. The zero-order chi connectivity index (χ0) is 11.3. The summed E-state index contributed by atoms with van der Waals surface area (Å²) >= 11 is 0. The molecule has 0 saturated carbocycles. The van der Waals surface area contributed by atoms with Gasteiger partial charge in [0.15, 0.2) is 0 Å². The van der Waals surface area contributed by atoms with Crippen LogP contribution in [0.5, 0.6) is 0 Å². The van der Waals surface area contributed by atoms with Crippen molar-refractivity contribution in [3.63, 3.8) is 0 Å². The molecule has 84 valence electrons. The monoisotopic (exact) mass is 205 g/mol. The van der Waals surface area contributed by atoms with Gasteiger partial charge >= 0.3 is 0 Å². The lowest BCUT2D eigenvalue weighted by molar-refractivity contribution is 0.782. The van der Waals surface area contributed by atoms with Gasteiger partial charge in [0.25, 0.3) is 0 Å². The van der Waals surface area contributed by atoms with Crippen LogP contribution in [-0.4, -0.2) is 6.54 Å². The van der Waals surface area contributed by atoms with Crippen molar-refractivity contribution in [3.8, 4) is 0 Å². The maximum Gasteiger partial charge on any atom is 0.0375 e. The fourth-order valence-corrected chi connectivity index (χ4v) is 2.08. The predicted octanol–water partition coefficient (Wildman–Crippen LogP) is 4.19. The molecule has 1 aromatic carbocycles. The van der Waals surface area contributed by atoms with Gasteiger partial charge in [0, 0.05) is 12.2 Å². The lowest BCUT2D eigenvalue weighted by Gasteiger charge is -2.22. The Morgan fingerprint density at radius 1 is 1.20 bits per heavy atom. The number of hydrogen-bond acceptors (Lipinski definition) is 1. The van der Waals surface area contributed by atoms with Gasteiger partial charge in [0.1, 0.15) is 0 Å². The Kier molecular flexibility index (Phi) is 4.67. The summed E-state index contributed by atoms with van der Waals surface area (Å²) in [5.41, 5.74) is 4.42. The molecule has 1 aromatic rings. The average Bonchev–Trinajstić information content (AvgIpc) is 2.31. The molecule has 0 amide bonds. The molecule has 15 heavy (non-hydrogen) atoms. The first-order valence-corrected chi connectivity index (χ1v) is 6.14. The molecular formula is C14H23N. The minimum absolute atomic E-state index is 0.648. The lowest BCUT2D eigenvalue weighted by Crippen LogP contribution is -2.13. The van der Waals surface area contributed by atoms with E-state index in [1.54, 1.807) is 5.56 Å². The van der Waals surface area contributed by atoms with Crippen LogP contribution in [0.25, 0.3) is 0 Å². The highest BCUT2D eigenvalue weighted by molar-refractivity contribution is 5.57. The van der Waals surface area contributed by atoms with E-state index in [0.717, 1.165) is 6.54 Å². The molecule has 1 aliphatic rings. The van der Waals surface area contributed by atoms with Crippen molar-refractivity contribution in [2.45, 2.75) is 46.5 Å². The molecule has 1 N–H and O–H groups in total. The van der Waals surface area contributed by atoms with Crippen molar-refractivity contribution in [2.24, 2.45) is 0 Å². The fourth-order valence-electron chi connectivity index (χ4n) is 2.08. The molecule has 0 aliphatic carbocycles. The van der Waals surface area contributed by atoms with E-state index in [9.17, 15) is 0 Å². The van der Waals surface area contributed by atoms with E-state index in [2.05, 4.69) is 37.4 Å². The molecule has 1 nitrogen and oxygen atoms in total. The average molecular weight is 205 g/mol. The second-order valence-corrected chi connectivity index (χ2v) is 4.06. The van der Waals surface area contributed by atoms with Crippen LogP contribution in [0.15, 0.2) is 18.2 Å². The van der Waals surface area contributed by atoms with Crippen LogP contribution >= 0.6 is 0 Å². The minimum Gasteiger partial charge on any atom is -0.385 e. The summed E-state index contributed by atoms with van der Waals surface area (Å²) in [7, 11) is 0. The van der Waals surface area contributed by atoms with Crippen molar-refractivity contribution in [1.82, 2.24) is 0 Å². The Morgan fingerprint density at radius 3 is 2.60 bits per heavy atom. The summed E-state index contributed by atoms with van der Waals surface area (Å²) in [4.78, 5) is 0. The summed E-state index contributed by atoms with van der Waals surface area (Å²) in [6.07, 6.45) is 2.52. The largest absolute Gasteiger partial charge is 0.385 e. The van der Waals surface area contributed by atoms with Crippen LogP contribution in [0.1, 0.15) is 51.2 Å². The standard InChI is InChI=1S/C12H17N.C2H6/c1-9(2)10-5-3-7-12-11(10)6-4-8-13-12;1-2/h3,5,7,9,13H,4,6,8H2,1-2H3;1-2H3. The SMILES string of the molecule is CC.CC(C)c1cccc2c1CCCN2. The molecule has 0 unspecified atom stereocenters. The summed E-state index contributed by atoms with van der Waals surface area (Å²) in [5, 5.41) is 3.46. The molecule has 0 aromatic heterocycles. The number of rotatable bonds is 1. The Balaban J connectivity index is 0.000000531. The van der Waals surface area contributed by atoms with Crippen LogP contribution in [0.2, 0.25) is 0 Å². The first kappa shape index (κ1) is 12.1. The van der Waals surface area contributed by atoms with Gasteiger partial charge in [-0.15, -0.1) is 0 Å². The molecule has 0 atom stereocenters. The van der Waals surface area contributed by atoms with Crippen LogP contribution in [-0.2, 0) is 6.42 Å². The summed E-state index contributed by atoms with van der Waals surface area (Å²) in [6.45, 7) is 9.67. The van der Waals surface area contributed by atoms with Gasteiger partial charge in [-0.2, -0.15) is 0 Å². The van der Waals surface area contributed by atoms with E-state index in [1.807, 2.05) is 13.8 Å². The first-order chi connectivity index (χ1) is 7.29. The van der Waals surface area contributed by atoms with Crippen LogP contribution < -0.4 is 5.32 Å². The van der Waals surface area contributed by atoms with E-state index < -0.39 is 0 Å². The molecule has 0 bridgehead atoms. The molecule has 1 heterocycles. The summed E-state index contributed by atoms with van der Waals surface area (Å²) < 4.78 is 0. The molecule has 0 radical (unpaired) electrons. The highest BCUT2D eigenvalue weighted by Crippen LogP contribution is 2.29. The molecular weight excluding hydrogens is 182 g/mol. The quantitative estimate of drug-likeness (QED) is 0.724. The normalized spacial score (nSPS) is 13.7. The van der Waals surface area contributed by atoms with Gasteiger partial charge in [-0.25, -0.2) is 0 Å². The van der Waals surface area contributed by atoms with Gasteiger partial charge in [-0.1, -0.05) is 39.8 Å². The molecule has 0 spiro atoms. The number of fused-ring (bicyclic) bond motifs is 1. The molecule has 1 aliphatic heterocycles. The third-order valence-electron chi connectivity index (χ3n) is 2.75. The number of hydrogen-bond donors (Lipinski definition) is 1. The third kappa shape index (κ3) is 2.74. The van der Waals surface area contributed by atoms with Crippen molar-refractivity contribution in [2.75, 3.05) is 11.9 Å². The highest BCUT2D eigenvalue weighted by Gasteiger charge is 2.13. The van der Waals surface area contributed by atoms with Crippen molar-refractivity contribution in [3.05, 3.63) is 29.3 Å². The van der Waals surface area contributed by atoms with Crippen LogP contribution in [0.4, 0.5) is 5.69 Å². The molecule has 2 rings (SSSR count). The zero-order valence-corrected chi connectivity index (χ0v) is 10.4. The van der Waals surface area contributed by atoms with E-state index in [-0.39, 0.29) is 0 Å². The van der Waals surface area contributed by atoms with Gasteiger partial charge in [0.05, 0.1) is 0 Å². The third-order valence-corrected chi connectivity index (χ3v) is 2.75. The molecule has 1 heteroatoms. The van der Waals surface area contributed by atoms with E-state index in [0.29, 0.717) is 5.92 Å². The second kappa shape index (κ2) is 5.79. The maximum atomic E-state index is 3.46. The molecule has 0 fully saturated rings. The Bertz CT molecular complexity index is 302. The van der Waals surface area contributed by atoms with Crippen molar-refractivity contribution >= 4 is 5.69 Å². The Labute approximate surface area is 93.9 Å². The van der Waals surface area contributed by atoms with Crippen molar-refractivity contribution in [1.29, 1.82) is 0 Å². The smallest absolute Gasteiger partial charge is 0.0375 e. The van der Waals surface area contributed by atoms with Crippen LogP contribution in [0.3, 0.4) is 0 Å². The summed E-state index contributed by atoms with van der Waals surface area (Å²) in [5.74, 6) is 0.648. The van der Waals surface area contributed by atoms with Gasteiger partial charge < -0.3 is 5.32 Å². The first-order valence-electron chi connectivity index (χ1n) is 6.14. The van der Waals surface area contributed by atoms with Gasteiger partial charge in [-0.05, 0) is 36.0 Å². The maximum absolute atomic E-state index is 3.46. The number of nitrogens with one attached hydrogen (secondary N) is 1. The van der Waals surface area contributed by atoms with Gasteiger partial charge in [0.2, 0.25) is 0 Å². The lowest BCUT2D eigenvalue weighted by atomic mass is 9.91. The van der Waals surface area contributed by atoms with Crippen molar-refractivity contribution < 1.29 is 0 Å². The second-order valence-electron chi connectivity index (χ2n) is 4.06. The fraction of sp³-hybridized carbons (Fsp3) is 0.571. The number of benzene rings is 1. The topological polar surface area (TPSA) is 12.0 Å². The predicted molar refractivity (Wildman–Crippen MR) is 68.7 cm³/mol. The van der Waals surface area contributed by atoms with E-state index in [4.69, 9.17) is 0 Å². The molecule has 0 saturated heterocycles. The van der Waals surface area contributed by atoms with E-state index in [1.165, 1.54) is 24.1 Å². The zero-order valence-electron chi connectivity index (χ0n) is 10.4. The van der Waals surface area contributed by atoms with Crippen LogP contribution in [0, 0.1) is 0 Å². The highest BCUT2D eigenvalue weighted by atomic mass is 14.9. The minimum atomic E-state index is 0.648.